The summed E-state index contributed by atoms with van der Waals surface area (Å²) in [4.78, 5) is 5.07. The Labute approximate surface area is 96.8 Å². The van der Waals surface area contributed by atoms with E-state index < -0.39 is 11.6 Å². The number of alkyl halides is 1. The molecule has 2 nitrogen and oxygen atoms in total. The maximum atomic E-state index is 13.0. The molecule has 0 saturated heterocycles. The Bertz CT molecular complexity index is 414. The smallest absolute Gasteiger partial charge is 0.149 e. The van der Waals surface area contributed by atoms with Crippen molar-refractivity contribution >= 4 is 17.3 Å². The molecule has 1 aromatic carbocycles. The molecule has 0 fully saturated rings. The van der Waals surface area contributed by atoms with Crippen LogP contribution in [0.15, 0.2) is 23.4 Å². The van der Waals surface area contributed by atoms with Gasteiger partial charge >= 0.3 is 0 Å². The third-order valence-corrected chi connectivity index (χ3v) is 2.68. The van der Waals surface area contributed by atoms with E-state index in [9.17, 15) is 8.78 Å². The number of hydrogen-bond donors (Lipinski definition) is 0. The predicted octanol–water partition coefficient (Wildman–Crippen LogP) is 3.09. The molecule has 5 heteroatoms. The molecule has 1 aliphatic heterocycles. The Hall–Kier alpha value is -1.16. The highest BCUT2D eigenvalue weighted by Crippen LogP contribution is 2.22. The standard InChI is InChI=1S/C11H10ClF2NO/c1-6(12)11-5-10(15-16-11)7-2-8(13)4-9(14)3-7/h2-4,6,11H,5H2,1H3. The van der Waals surface area contributed by atoms with Crippen LogP contribution in [0.5, 0.6) is 0 Å². The predicted molar refractivity (Wildman–Crippen MR) is 57.7 cm³/mol. The lowest BCUT2D eigenvalue weighted by Crippen LogP contribution is -2.18. The first-order valence-electron chi connectivity index (χ1n) is 4.89. The Kier molecular flexibility index (Phi) is 3.10. The summed E-state index contributed by atoms with van der Waals surface area (Å²) in [6, 6.07) is 3.28. The van der Waals surface area contributed by atoms with Gasteiger partial charge in [0.15, 0.2) is 0 Å². The molecule has 1 heterocycles. The first-order valence-corrected chi connectivity index (χ1v) is 5.33. The van der Waals surface area contributed by atoms with Crippen molar-refractivity contribution in [2.75, 3.05) is 0 Å². The molecule has 0 bridgehead atoms. The molecular formula is C11H10ClF2NO. The molecule has 0 radical (unpaired) electrons. The second-order valence-electron chi connectivity index (χ2n) is 3.72. The van der Waals surface area contributed by atoms with Crippen molar-refractivity contribution in [1.82, 2.24) is 0 Å². The third-order valence-electron chi connectivity index (χ3n) is 2.40. The van der Waals surface area contributed by atoms with Crippen molar-refractivity contribution in [2.24, 2.45) is 5.16 Å². The fourth-order valence-corrected chi connectivity index (χ4v) is 1.67. The Morgan fingerprint density at radius 1 is 1.38 bits per heavy atom. The van der Waals surface area contributed by atoms with Crippen LogP contribution in [0.3, 0.4) is 0 Å². The van der Waals surface area contributed by atoms with Crippen LogP contribution >= 0.6 is 11.6 Å². The molecule has 0 saturated carbocycles. The van der Waals surface area contributed by atoms with Gasteiger partial charge in [0.25, 0.3) is 0 Å². The summed E-state index contributed by atoms with van der Waals surface area (Å²) >= 11 is 5.85. The quantitative estimate of drug-likeness (QED) is 0.734. The summed E-state index contributed by atoms with van der Waals surface area (Å²) in [6.45, 7) is 1.79. The number of halogens is 3. The van der Waals surface area contributed by atoms with Crippen LogP contribution in [0.25, 0.3) is 0 Å². The van der Waals surface area contributed by atoms with E-state index in [0.717, 1.165) is 6.07 Å². The highest BCUT2D eigenvalue weighted by Gasteiger charge is 2.26. The van der Waals surface area contributed by atoms with E-state index >= 15 is 0 Å². The van der Waals surface area contributed by atoms with E-state index in [2.05, 4.69) is 5.16 Å². The summed E-state index contributed by atoms with van der Waals surface area (Å²) < 4.78 is 26.0. The van der Waals surface area contributed by atoms with Gasteiger partial charge in [0.05, 0.1) is 11.1 Å². The number of benzene rings is 1. The molecular weight excluding hydrogens is 236 g/mol. The van der Waals surface area contributed by atoms with Crippen molar-refractivity contribution in [3.63, 3.8) is 0 Å². The van der Waals surface area contributed by atoms with Crippen LogP contribution in [0.4, 0.5) is 8.78 Å². The Morgan fingerprint density at radius 2 is 2.00 bits per heavy atom. The molecule has 16 heavy (non-hydrogen) atoms. The van der Waals surface area contributed by atoms with E-state index in [0.29, 0.717) is 17.7 Å². The number of rotatable bonds is 2. The average molecular weight is 246 g/mol. The minimum Gasteiger partial charge on any atom is -0.390 e. The summed E-state index contributed by atoms with van der Waals surface area (Å²) in [6.07, 6.45) is 0.232. The molecule has 0 aliphatic carbocycles. The fourth-order valence-electron chi connectivity index (χ4n) is 1.53. The topological polar surface area (TPSA) is 21.6 Å². The second kappa shape index (κ2) is 4.37. The van der Waals surface area contributed by atoms with E-state index in [-0.39, 0.29) is 11.5 Å². The minimum absolute atomic E-state index is 0.195. The maximum absolute atomic E-state index is 13.0. The van der Waals surface area contributed by atoms with Crippen molar-refractivity contribution in [2.45, 2.75) is 24.8 Å². The highest BCUT2D eigenvalue weighted by molar-refractivity contribution is 6.21. The van der Waals surface area contributed by atoms with Gasteiger partial charge in [-0.2, -0.15) is 0 Å². The van der Waals surface area contributed by atoms with Crippen molar-refractivity contribution in [3.8, 4) is 0 Å². The highest BCUT2D eigenvalue weighted by atomic mass is 35.5. The molecule has 1 aliphatic rings. The van der Waals surface area contributed by atoms with Gasteiger partial charge in [-0.1, -0.05) is 5.16 Å². The summed E-state index contributed by atoms with van der Waals surface area (Å²) in [5.74, 6) is -1.25. The Balaban J connectivity index is 2.20. The minimum atomic E-state index is -0.625. The largest absolute Gasteiger partial charge is 0.390 e. The van der Waals surface area contributed by atoms with E-state index in [4.69, 9.17) is 16.4 Å². The lowest BCUT2D eigenvalue weighted by Gasteiger charge is -2.08. The monoisotopic (exact) mass is 245 g/mol. The SMILES string of the molecule is CC(Cl)C1CC(c2cc(F)cc(F)c2)=NO1. The van der Waals surface area contributed by atoms with Crippen LogP contribution in [0, 0.1) is 11.6 Å². The van der Waals surface area contributed by atoms with Crippen LogP contribution in [-0.2, 0) is 4.84 Å². The lowest BCUT2D eigenvalue weighted by molar-refractivity contribution is 0.0855. The van der Waals surface area contributed by atoms with Crippen LogP contribution < -0.4 is 0 Å². The average Bonchev–Trinajstić information content (AvgIpc) is 2.64. The molecule has 86 valence electrons. The van der Waals surface area contributed by atoms with Crippen molar-refractivity contribution < 1.29 is 13.6 Å². The molecule has 1 aromatic rings. The van der Waals surface area contributed by atoms with E-state index in [1.54, 1.807) is 6.92 Å². The molecule has 0 spiro atoms. The van der Waals surface area contributed by atoms with E-state index in [1.165, 1.54) is 12.1 Å². The van der Waals surface area contributed by atoms with Gasteiger partial charge < -0.3 is 4.84 Å². The summed E-state index contributed by atoms with van der Waals surface area (Å²) in [5, 5.41) is 3.59. The molecule has 0 N–H and O–H groups in total. The van der Waals surface area contributed by atoms with Crippen LogP contribution in [0.1, 0.15) is 18.9 Å². The zero-order valence-corrected chi connectivity index (χ0v) is 9.34. The molecule has 2 atom stereocenters. The molecule has 0 aromatic heterocycles. The summed E-state index contributed by atoms with van der Waals surface area (Å²) in [5.41, 5.74) is 0.924. The van der Waals surface area contributed by atoms with Crippen molar-refractivity contribution in [3.05, 3.63) is 35.4 Å². The fraction of sp³-hybridized carbons (Fsp3) is 0.364. The Morgan fingerprint density at radius 3 is 2.50 bits per heavy atom. The first-order chi connectivity index (χ1) is 7.56. The lowest BCUT2D eigenvalue weighted by atomic mass is 10.0. The van der Waals surface area contributed by atoms with Gasteiger partial charge in [-0.15, -0.1) is 11.6 Å². The number of hydrogen-bond acceptors (Lipinski definition) is 2. The van der Waals surface area contributed by atoms with Crippen LogP contribution in [0.2, 0.25) is 0 Å². The number of nitrogens with zero attached hydrogens (tertiary/aromatic N) is 1. The van der Waals surface area contributed by atoms with Gasteiger partial charge in [0.1, 0.15) is 17.7 Å². The summed E-state index contributed by atoms with van der Waals surface area (Å²) in [7, 11) is 0. The number of oxime groups is 1. The normalized spacial score (nSPS) is 21.5. The molecule has 2 unspecified atom stereocenters. The van der Waals surface area contributed by atoms with Gasteiger partial charge in [-0.3, -0.25) is 0 Å². The molecule has 2 rings (SSSR count). The van der Waals surface area contributed by atoms with Gasteiger partial charge in [0, 0.05) is 18.1 Å². The van der Waals surface area contributed by atoms with Crippen molar-refractivity contribution in [1.29, 1.82) is 0 Å². The van der Waals surface area contributed by atoms with Gasteiger partial charge in [0.2, 0.25) is 0 Å². The zero-order chi connectivity index (χ0) is 11.7. The van der Waals surface area contributed by atoms with Crippen LogP contribution in [-0.4, -0.2) is 17.2 Å². The zero-order valence-electron chi connectivity index (χ0n) is 8.58. The van der Waals surface area contributed by atoms with Gasteiger partial charge in [-0.05, 0) is 19.1 Å². The second-order valence-corrected chi connectivity index (χ2v) is 4.41. The third kappa shape index (κ3) is 2.32. The van der Waals surface area contributed by atoms with E-state index in [1.807, 2.05) is 0 Å². The first kappa shape index (κ1) is 11.3. The van der Waals surface area contributed by atoms with Gasteiger partial charge in [-0.25, -0.2) is 8.78 Å². The maximum Gasteiger partial charge on any atom is 0.149 e. The molecule has 0 amide bonds.